The fraction of sp³-hybridized carbons (Fsp3) is 0.214. The zero-order valence-electron chi connectivity index (χ0n) is 11.3. The Morgan fingerprint density at radius 2 is 2.32 bits per heavy atom. The highest BCUT2D eigenvalue weighted by molar-refractivity contribution is 7.15. The van der Waals surface area contributed by atoms with E-state index in [1.165, 1.54) is 16.2 Å². The monoisotopic (exact) mass is 316 g/mol. The van der Waals surface area contributed by atoms with Gasteiger partial charge < -0.3 is 10.6 Å². The number of fused-ring (bicyclic) bond motifs is 4. The number of aromatic nitrogens is 1. The first-order valence-electron chi connectivity index (χ1n) is 6.70. The summed E-state index contributed by atoms with van der Waals surface area (Å²) in [4.78, 5) is 30.9. The van der Waals surface area contributed by atoms with Crippen LogP contribution < -0.4 is 5.73 Å². The van der Waals surface area contributed by atoms with Crippen LogP contribution in [0, 0.1) is 0 Å². The molecule has 112 valence electrons. The normalized spacial score (nSPS) is 22.9. The van der Waals surface area contributed by atoms with Gasteiger partial charge in [0.2, 0.25) is 5.91 Å². The maximum absolute atomic E-state index is 12.0. The lowest BCUT2D eigenvalue weighted by Crippen LogP contribution is -2.40. The molecule has 2 unspecified atom stereocenters. The van der Waals surface area contributed by atoms with E-state index < -0.39 is 24.0 Å². The van der Waals surface area contributed by atoms with E-state index in [9.17, 15) is 14.8 Å². The van der Waals surface area contributed by atoms with E-state index in [1.54, 1.807) is 12.4 Å². The number of urea groups is 1. The summed E-state index contributed by atoms with van der Waals surface area (Å²) in [6.45, 7) is 0.263. The first kappa shape index (κ1) is 13.2. The van der Waals surface area contributed by atoms with Gasteiger partial charge in [0.1, 0.15) is 12.1 Å². The van der Waals surface area contributed by atoms with Crippen LogP contribution in [0.2, 0.25) is 0 Å². The predicted molar refractivity (Wildman–Crippen MR) is 78.0 cm³/mol. The summed E-state index contributed by atoms with van der Waals surface area (Å²) in [6.07, 6.45) is 3.42. The number of carbonyl (C=O) groups excluding carboxylic acids is 2. The highest BCUT2D eigenvalue weighted by Gasteiger charge is 2.50. The lowest BCUT2D eigenvalue weighted by atomic mass is 9.98. The summed E-state index contributed by atoms with van der Waals surface area (Å²) in [7, 11) is 0. The van der Waals surface area contributed by atoms with Gasteiger partial charge >= 0.3 is 6.03 Å². The minimum absolute atomic E-state index is 0.263. The SMILES string of the molecule is NC(=O)C1c2sc(-c3cccnc3)cc2C2CN1C(=O)N2O. The van der Waals surface area contributed by atoms with Crippen molar-refractivity contribution >= 4 is 23.3 Å². The van der Waals surface area contributed by atoms with Crippen LogP contribution in [-0.2, 0) is 4.79 Å². The van der Waals surface area contributed by atoms with Crippen LogP contribution in [-0.4, -0.2) is 38.6 Å². The molecule has 22 heavy (non-hydrogen) atoms. The van der Waals surface area contributed by atoms with Gasteiger partial charge in [-0.3, -0.25) is 15.0 Å². The second-order valence-corrected chi connectivity index (χ2v) is 6.36. The van der Waals surface area contributed by atoms with Gasteiger partial charge in [0.25, 0.3) is 0 Å². The molecule has 2 atom stereocenters. The number of nitrogens with zero attached hydrogens (tertiary/aromatic N) is 3. The number of hydrogen-bond donors (Lipinski definition) is 2. The molecule has 2 aliphatic rings. The average Bonchev–Trinajstić information content (AvgIpc) is 3.06. The van der Waals surface area contributed by atoms with Crippen LogP contribution >= 0.6 is 11.3 Å². The number of carbonyl (C=O) groups is 2. The molecule has 0 spiro atoms. The maximum Gasteiger partial charge on any atom is 0.345 e. The number of hydrogen-bond acceptors (Lipinski definition) is 5. The first-order chi connectivity index (χ1) is 10.6. The largest absolute Gasteiger partial charge is 0.368 e. The number of amides is 3. The number of hydroxylamine groups is 2. The average molecular weight is 316 g/mol. The number of primary amides is 1. The third-order valence-corrected chi connectivity index (χ3v) is 5.28. The van der Waals surface area contributed by atoms with Crippen molar-refractivity contribution in [3.05, 3.63) is 41.0 Å². The second kappa shape index (κ2) is 4.52. The lowest BCUT2D eigenvalue weighted by Gasteiger charge is -2.27. The zero-order chi connectivity index (χ0) is 15.4. The van der Waals surface area contributed by atoms with Crippen LogP contribution in [0.5, 0.6) is 0 Å². The van der Waals surface area contributed by atoms with Gasteiger partial charge in [0.05, 0.1) is 6.54 Å². The molecule has 0 saturated carbocycles. The number of pyridine rings is 1. The molecule has 4 rings (SSSR count). The van der Waals surface area contributed by atoms with Gasteiger partial charge in [0.15, 0.2) is 0 Å². The van der Waals surface area contributed by atoms with Crippen LogP contribution in [0.1, 0.15) is 22.5 Å². The molecule has 7 nitrogen and oxygen atoms in total. The van der Waals surface area contributed by atoms with Crippen molar-refractivity contribution in [3.8, 4) is 10.4 Å². The van der Waals surface area contributed by atoms with Gasteiger partial charge in [-0.1, -0.05) is 6.07 Å². The number of nitrogens with two attached hydrogens (primary N) is 1. The Morgan fingerprint density at radius 1 is 1.50 bits per heavy atom. The molecule has 0 aliphatic carbocycles. The Labute approximate surface area is 129 Å². The van der Waals surface area contributed by atoms with Gasteiger partial charge in [-0.05, 0) is 17.7 Å². The second-order valence-electron chi connectivity index (χ2n) is 5.27. The zero-order valence-corrected chi connectivity index (χ0v) is 12.2. The van der Waals surface area contributed by atoms with Crippen LogP contribution in [0.25, 0.3) is 10.4 Å². The summed E-state index contributed by atoms with van der Waals surface area (Å²) in [6, 6.07) is 3.78. The maximum atomic E-state index is 12.0. The van der Waals surface area contributed by atoms with Gasteiger partial charge in [0, 0.05) is 27.7 Å². The summed E-state index contributed by atoms with van der Waals surface area (Å²) >= 11 is 1.40. The first-order valence-corrected chi connectivity index (χ1v) is 7.51. The third-order valence-electron chi connectivity index (χ3n) is 4.03. The van der Waals surface area contributed by atoms with Crippen LogP contribution in [0.4, 0.5) is 4.79 Å². The lowest BCUT2D eigenvalue weighted by molar-refractivity contribution is -0.122. The molecule has 4 heterocycles. The standard InChI is InChI=1S/C14H12N4O3S/c15-13(19)11-12-8(9-6-17(11)14(20)18(9)21)4-10(22-12)7-2-1-3-16-5-7/h1-5,9,11,21H,6H2,(H2,15,19). The predicted octanol–water partition coefficient (Wildman–Crippen LogP) is 1.52. The van der Waals surface area contributed by atoms with Gasteiger partial charge in [-0.2, -0.15) is 5.06 Å². The number of thiophene rings is 1. The quantitative estimate of drug-likeness (QED) is 0.820. The highest BCUT2D eigenvalue weighted by Crippen LogP contribution is 2.48. The Bertz CT molecular complexity index is 776. The van der Waals surface area contributed by atoms with E-state index in [0.29, 0.717) is 9.94 Å². The molecule has 0 radical (unpaired) electrons. The van der Waals surface area contributed by atoms with Crippen molar-refractivity contribution in [1.82, 2.24) is 14.9 Å². The molecule has 2 aliphatic heterocycles. The molecule has 2 aromatic heterocycles. The molecule has 1 saturated heterocycles. The van der Waals surface area contributed by atoms with Crippen molar-refractivity contribution < 1.29 is 14.8 Å². The smallest absolute Gasteiger partial charge is 0.345 e. The Morgan fingerprint density at radius 3 is 3.00 bits per heavy atom. The third kappa shape index (κ3) is 1.68. The minimum Gasteiger partial charge on any atom is -0.368 e. The van der Waals surface area contributed by atoms with E-state index in [4.69, 9.17) is 5.73 Å². The summed E-state index contributed by atoms with van der Waals surface area (Å²) in [5.41, 5.74) is 7.18. The van der Waals surface area contributed by atoms with Crippen molar-refractivity contribution in [2.75, 3.05) is 6.54 Å². The summed E-state index contributed by atoms with van der Waals surface area (Å²) in [5, 5.41) is 10.7. The topological polar surface area (TPSA) is 99.8 Å². The molecule has 2 aromatic rings. The fourth-order valence-corrected chi connectivity index (χ4v) is 4.35. The minimum atomic E-state index is -0.827. The Balaban J connectivity index is 1.87. The molecular formula is C14H12N4O3S. The van der Waals surface area contributed by atoms with Crippen LogP contribution in [0.3, 0.4) is 0 Å². The molecule has 3 N–H and O–H groups in total. The summed E-state index contributed by atoms with van der Waals surface area (Å²) < 4.78 is 0. The van der Waals surface area contributed by atoms with Gasteiger partial charge in [-0.15, -0.1) is 11.3 Å². The van der Waals surface area contributed by atoms with Gasteiger partial charge in [-0.25, -0.2) is 4.79 Å². The molecule has 2 bridgehead atoms. The van der Waals surface area contributed by atoms with E-state index in [1.807, 2.05) is 18.2 Å². The fourth-order valence-electron chi connectivity index (χ4n) is 3.02. The molecule has 1 fully saturated rings. The Kier molecular flexibility index (Phi) is 2.72. The summed E-state index contributed by atoms with van der Waals surface area (Å²) in [5.74, 6) is -0.595. The van der Waals surface area contributed by atoms with E-state index in [-0.39, 0.29) is 6.54 Å². The molecule has 0 aromatic carbocycles. The number of rotatable bonds is 2. The highest BCUT2D eigenvalue weighted by atomic mass is 32.1. The van der Waals surface area contributed by atoms with E-state index in [2.05, 4.69) is 4.98 Å². The molecule has 3 amide bonds. The molecule has 8 heteroatoms. The van der Waals surface area contributed by atoms with Crippen LogP contribution in [0.15, 0.2) is 30.6 Å². The van der Waals surface area contributed by atoms with Crippen molar-refractivity contribution in [2.24, 2.45) is 5.73 Å². The van der Waals surface area contributed by atoms with Crippen molar-refractivity contribution in [2.45, 2.75) is 12.1 Å². The Hall–Kier alpha value is -2.45. The van der Waals surface area contributed by atoms with E-state index >= 15 is 0 Å². The van der Waals surface area contributed by atoms with E-state index in [0.717, 1.165) is 16.0 Å². The van der Waals surface area contributed by atoms with Crippen molar-refractivity contribution in [3.63, 3.8) is 0 Å². The molecular weight excluding hydrogens is 304 g/mol. The van der Waals surface area contributed by atoms with Crippen molar-refractivity contribution in [1.29, 1.82) is 0 Å².